The van der Waals surface area contributed by atoms with Gasteiger partial charge < -0.3 is 4.74 Å². The van der Waals surface area contributed by atoms with E-state index >= 15 is 0 Å². The highest BCUT2D eigenvalue weighted by molar-refractivity contribution is 8.18. The highest BCUT2D eigenvalue weighted by Gasteiger charge is 2.35. The second-order valence-electron chi connectivity index (χ2n) is 7.89. The monoisotopic (exact) mass is 506 g/mol. The molecule has 0 N–H and O–H groups in total. The Kier molecular flexibility index (Phi) is 7.57. The van der Waals surface area contributed by atoms with Crippen molar-refractivity contribution in [2.24, 2.45) is 0 Å². The third-order valence-electron chi connectivity index (χ3n) is 5.20. The van der Waals surface area contributed by atoms with Gasteiger partial charge in [0.15, 0.2) is 0 Å². The van der Waals surface area contributed by atoms with Gasteiger partial charge in [0.1, 0.15) is 12.4 Å². The maximum absolute atomic E-state index is 12.8. The molecule has 1 heterocycles. The van der Waals surface area contributed by atoms with E-state index in [4.69, 9.17) is 4.74 Å². The Balaban J connectivity index is 1.46. The highest BCUT2D eigenvalue weighted by Crippen LogP contribution is 2.37. The first-order chi connectivity index (χ1) is 16.8. The fourth-order valence-corrected chi connectivity index (χ4v) is 5.09. The smallest absolute Gasteiger partial charge is 0.293 e. The van der Waals surface area contributed by atoms with Crippen molar-refractivity contribution < 1.29 is 19.2 Å². The fraction of sp³-hybridized carbons (Fsp3) is 0.154. The number of aryl methyl sites for hydroxylation is 2. The summed E-state index contributed by atoms with van der Waals surface area (Å²) in [5, 5.41) is 11.3. The van der Waals surface area contributed by atoms with Crippen molar-refractivity contribution >= 4 is 46.4 Å². The van der Waals surface area contributed by atoms with Crippen molar-refractivity contribution in [1.29, 1.82) is 0 Å². The minimum atomic E-state index is -0.442. The van der Waals surface area contributed by atoms with Gasteiger partial charge >= 0.3 is 0 Å². The quantitative estimate of drug-likeness (QED) is 0.196. The van der Waals surface area contributed by atoms with E-state index in [2.05, 4.69) is 0 Å². The van der Waals surface area contributed by atoms with Crippen LogP contribution in [0.4, 0.5) is 10.5 Å². The third-order valence-corrected chi connectivity index (χ3v) is 7.18. The summed E-state index contributed by atoms with van der Waals surface area (Å²) in [6.07, 6.45) is 1.51. The standard InChI is InChI=1S/C26H22N2O5S2/c1-17-3-8-20(9-4-17)33-14-13-27-25(29)24(35-26(27)30)16-19-7-12-23(22(15-19)28(31)32)34-21-10-5-18(2)6-11-21/h3-12,15-16H,13-14H2,1-2H3/b24-16-. The van der Waals surface area contributed by atoms with Gasteiger partial charge in [-0.3, -0.25) is 24.6 Å². The summed E-state index contributed by atoms with van der Waals surface area (Å²) in [5.74, 6) is 0.224. The molecular formula is C26H22N2O5S2. The average molecular weight is 507 g/mol. The molecule has 4 rings (SSSR count). The van der Waals surface area contributed by atoms with Gasteiger partial charge in [-0.2, -0.15) is 0 Å². The summed E-state index contributed by atoms with van der Waals surface area (Å²) in [5.41, 5.74) is 2.63. The lowest BCUT2D eigenvalue weighted by Gasteiger charge is -2.13. The Morgan fingerprint density at radius 1 is 1.00 bits per heavy atom. The lowest BCUT2D eigenvalue weighted by Crippen LogP contribution is -2.32. The summed E-state index contributed by atoms with van der Waals surface area (Å²) in [6.45, 7) is 4.24. The molecule has 0 radical (unpaired) electrons. The predicted molar refractivity (Wildman–Crippen MR) is 138 cm³/mol. The van der Waals surface area contributed by atoms with Gasteiger partial charge in [0.2, 0.25) is 0 Å². The number of ether oxygens (including phenoxy) is 1. The SMILES string of the molecule is Cc1ccc(OCCN2C(=O)S/C(=C\c3ccc(Sc4ccc(C)cc4)c([N+](=O)[O-])c3)C2=O)cc1. The zero-order chi connectivity index (χ0) is 24.9. The van der Waals surface area contributed by atoms with Crippen LogP contribution in [0.1, 0.15) is 16.7 Å². The van der Waals surface area contributed by atoms with Crippen LogP contribution >= 0.6 is 23.5 Å². The van der Waals surface area contributed by atoms with Crippen molar-refractivity contribution in [2.45, 2.75) is 23.6 Å². The summed E-state index contributed by atoms with van der Waals surface area (Å²) in [7, 11) is 0. The summed E-state index contributed by atoms with van der Waals surface area (Å²) in [4.78, 5) is 39.2. The van der Waals surface area contributed by atoms with Gasteiger partial charge in [0, 0.05) is 11.0 Å². The number of rotatable bonds is 8. The topological polar surface area (TPSA) is 89.8 Å². The van der Waals surface area contributed by atoms with E-state index in [1.165, 1.54) is 23.9 Å². The fourth-order valence-electron chi connectivity index (χ4n) is 3.32. The molecule has 0 aromatic heterocycles. The Morgan fingerprint density at radius 3 is 2.31 bits per heavy atom. The van der Waals surface area contributed by atoms with E-state index < -0.39 is 16.1 Å². The molecule has 1 aliphatic heterocycles. The Bertz CT molecular complexity index is 1300. The molecule has 35 heavy (non-hydrogen) atoms. The molecule has 178 valence electrons. The van der Waals surface area contributed by atoms with E-state index in [1.54, 1.807) is 12.1 Å². The molecule has 0 spiro atoms. The van der Waals surface area contributed by atoms with Crippen LogP contribution in [-0.2, 0) is 4.79 Å². The number of thioether (sulfide) groups is 1. The van der Waals surface area contributed by atoms with Gasteiger partial charge in [0.25, 0.3) is 16.8 Å². The van der Waals surface area contributed by atoms with Crippen molar-refractivity contribution in [3.63, 3.8) is 0 Å². The zero-order valence-corrected chi connectivity index (χ0v) is 20.7. The molecule has 2 amide bonds. The normalized spacial score (nSPS) is 14.6. The van der Waals surface area contributed by atoms with E-state index in [0.717, 1.165) is 32.7 Å². The number of carbonyl (C=O) groups is 2. The van der Waals surface area contributed by atoms with Gasteiger partial charge in [-0.15, -0.1) is 0 Å². The molecule has 3 aromatic rings. The van der Waals surface area contributed by atoms with Crippen molar-refractivity contribution in [3.8, 4) is 5.75 Å². The first-order valence-corrected chi connectivity index (χ1v) is 12.4. The molecule has 3 aromatic carbocycles. The molecule has 0 atom stereocenters. The van der Waals surface area contributed by atoms with Crippen molar-refractivity contribution in [2.75, 3.05) is 13.2 Å². The van der Waals surface area contributed by atoms with Crippen LogP contribution in [0, 0.1) is 24.0 Å². The number of amides is 2. The number of hydrogen-bond acceptors (Lipinski definition) is 7. The van der Waals surface area contributed by atoms with Gasteiger partial charge in [-0.25, -0.2) is 0 Å². The molecular weight excluding hydrogens is 484 g/mol. The molecule has 7 nitrogen and oxygen atoms in total. The molecule has 1 aliphatic rings. The highest BCUT2D eigenvalue weighted by atomic mass is 32.2. The lowest BCUT2D eigenvalue weighted by molar-refractivity contribution is -0.387. The van der Waals surface area contributed by atoms with Crippen molar-refractivity contribution in [3.05, 3.63) is 98.4 Å². The number of nitro groups is 1. The molecule has 0 unspecified atom stereocenters. The maximum atomic E-state index is 12.8. The van der Waals surface area contributed by atoms with Gasteiger partial charge in [0.05, 0.1) is 21.3 Å². The van der Waals surface area contributed by atoms with Crippen LogP contribution in [0.25, 0.3) is 6.08 Å². The lowest BCUT2D eigenvalue weighted by atomic mass is 10.2. The number of nitro benzene ring substituents is 1. The first-order valence-electron chi connectivity index (χ1n) is 10.8. The second-order valence-corrected chi connectivity index (χ2v) is 10.0. The van der Waals surface area contributed by atoms with Crippen LogP contribution in [0.5, 0.6) is 5.75 Å². The van der Waals surface area contributed by atoms with Crippen LogP contribution in [0.2, 0.25) is 0 Å². The van der Waals surface area contributed by atoms with Crippen LogP contribution in [0.3, 0.4) is 0 Å². The van der Waals surface area contributed by atoms with Gasteiger partial charge in [-0.1, -0.05) is 53.2 Å². The van der Waals surface area contributed by atoms with Crippen molar-refractivity contribution in [1.82, 2.24) is 4.90 Å². The molecule has 9 heteroatoms. The summed E-state index contributed by atoms with van der Waals surface area (Å²) < 4.78 is 5.63. The van der Waals surface area contributed by atoms with E-state index in [0.29, 0.717) is 16.2 Å². The molecule has 0 bridgehead atoms. The van der Waals surface area contributed by atoms with E-state index in [1.807, 2.05) is 62.4 Å². The molecule has 1 fully saturated rings. The van der Waals surface area contributed by atoms with Crippen LogP contribution < -0.4 is 4.74 Å². The van der Waals surface area contributed by atoms with Crippen LogP contribution in [-0.4, -0.2) is 34.1 Å². The summed E-state index contributed by atoms with van der Waals surface area (Å²) in [6, 6.07) is 20.0. The number of benzene rings is 3. The largest absolute Gasteiger partial charge is 0.492 e. The number of carbonyl (C=O) groups excluding carboxylic acids is 2. The number of imide groups is 1. The van der Waals surface area contributed by atoms with Crippen LogP contribution in [0.15, 0.2) is 81.4 Å². The third kappa shape index (κ3) is 6.12. The van der Waals surface area contributed by atoms with E-state index in [-0.39, 0.29) is 23.7 Å². The summed E-state index contributed by atoms with van der Waals surface area (Å²) >= 11 is 2.12. The van der Waals surface area contributed by atoms with Gasteiger partial charge in [-0.05, 0) is 67.6 Å². The zero-order valence-electron chi connectivity index (χ0n) is 19.1. The molecule has 1 saturated heterocycles. The van der Waals surface area contributed by atoms with E-state index in [9.17, 15) is 19.7 Å². The Labute approximate surface area is 211 Å². The Morgan fingerprint density at radius 2 is 1.66 bits per heavy atom. The molecule has 0 saturated carbocycles. The predicted octanol–water partition coefficient (Wildman–Crippen LogP) is 6.48. The first kappa shape index (κ1) is 24.6. The number of nitrogens with zero attached hydrogens (tertiary/aromatic N) is 2. The maximum Gasteiger partial charge on any atom is 0.293 e. The average Bonchev–Trinajstić information content (AvgIpc) is 3.10. The Hall–Kier alpha value is -3.56. The number of hydrogen-bond donors (Lipinski definition) is 0. The second kappa shape index (κ2) is 10.8. The minimum absolute atomic E-state index is 0.0601. The minimum Gasteiger partial charge on any atom is -0.492 e. The molecule has 0 aliphatic carbocycles.